The summed E-state index contributed by atoms with van der Waals surface area (Å²) in [6.45, 7) is 3.92. The van der Waals surface area contributed by atoms with E-state index in [1.165, 1.54) is 12.8 Å². The fourth-order valence-corrected chi connectivity index (χ4v) is 3.17. The molecular formula is C19H28N2O3. The Morgan fingerprint density at radius 2 is 1.75 bits per heavy atom. The van der Waals surface area contributed by atoms with Gasteiger partial charge in [-0.05, 0) is 43.0 Å². The highest BCUT2D eigenvalue weighted by atomic mass is 16.5. The number of carbonyl (C=O) groups is 2. The Bertz CT molecular complexity index is 562. The highest BCUT2D eigenvalue weighted by molar-refractivity contribution is 5.97. The molecule has 0 radical (unpaired) electrons. The van der Waals surface area contributed by atoms with Crippen LogP contribution in [0.3, 0.4) is 0 Å². The maximum Gasteiger partial charge on any atom is 0.251 e. The predicted molar refractivity (Wildman–Crippen MR) is 94.1 cm³/mol. The predicted octanol–water partition coefficient (Wildman–Crippen LogP) is 2.85. The topological polar surface area (TPSA) is 58.6 Å². The third-order valence-corrected chi connectivity index (χ3v) is 4.79. The number of hydrogen-bond donors (Lipinski definition) is 1. The van der Waals surface area contributed by atoms with Crippen LogP contribution in [0.1, 0.15) is 49.9 Å². The maximum atomic E-state index is 12.8. The van der Waals surface area contributed by atoms with Crippen LogP contribution in [0.4, 0.5) is 0 Å². The number of hydrogen-bond acceptors (Lipinski definition) is 3. The Morgan fingerprint density at radius 3 is 2.25 bits per heavy atom. The Labute approximate surface area is 144 Å². The molecule has 1 atom stereocenters. The van der Waals surface area contributed by atoms with E-state index in [2.05, 4.69) is 5.32 Å². The van der Waals surface area contributed by atoms with Crippen LogP contribution < -0.4 is 10.1 Å². The van der Waals surface area contributed by atoms with E-state index in [0.29, 0.717) is 17.4 Å². The van der Waals surface area contributed by atoms with Crippen LogP contribution in [0.5, 0.6) is 5.75 Å². The van der Waals surface area contributed by atoms with E-state index in [1.807, 2.05) is 25.8 Å². The number of carbonyl (C=O) groups excluding carboxylic acids is 2. The molecule has 5 nitrogen and oxygen atoms in total. The molecule has 1 N–H and O–H groups in total. The number of nitrogens with zero attached hydrogens (tertiary/aromatic N) is 1. The quantitative estimate of drug-likeness (QED) is 0.871. The fraction of sp³-hybridized carbons (Fsp3) is 0.579. The molecule has 1 aliphatic carbocycles. The molecular weight excluding hydrogens is 304 g/mol. The minimum Gasteiger partial charge on any atom is -0.497 e. The first-order valence-corrected chi connectivity index (χ1v) is 8.65. The number of ether oxygens (including phenoxy) is 1. The van der Waals surface area contributed by atoms with Gasteiger partial charge in [-0.1, -0.05) is 26.7 Å². The lowest BCUT2D eigenvalue weighted by atomic mass is 10.0. The molecule has 2 amide bonds. The van der Waals surface area contributed by atoms with Crippen LogP contribution in [0.15, 0.2) is 24.3 Å². The van der Waals surface area contributed by atoms with Gasteiger partial charge in [0, 0.05) is 18.7 Å². The van der Waals surface area contributed by atoms with Gasteiger partial charge in [0.05, 0.1) is 7.11 Å². The average Bonchev–Trinajstić information content (AvgIpc) is 3.12. The number of likely N-dealkylation sites (N-methyl/N-ethyl adjacent to an activating group) is 1. The Kier molecular flexibility index (Phi) is 6.23. The van der Waals surface area contributed by atoms with Crippen molar-refractivity contribution < 1.29 is 14.3 Å². The molecule has 5 heteroatoms. The minimum absolute atomic E-state index is 0.00115. The van der Waals surface area contributed by atoms with Crippen molar-refractivity contribution in [3.63, 3.8) is 0 Å². The van der Waals surface area contributed by atoms with Crippen LogP contribution in [0.25, 0.3) is 0 Å². The minimum atomic E-state index is -0.509. The molecule has 24 heavy (non-hydrogen) atoms. The van der Waals surface area contributed by atoms with Crippen LogP contribution in [0.2, 0.25) is 0 Å². The molecule has 132 valence electrons. The molecule has 0 saturated heterocycles. The monoisotopic (exact) mass is 332 g/mol. The highest BCUT2D eigenvalue weighted by Crippen LogP contribution is 2.23. The van der Waals surface area contributed by atoms with Gasteiger partial charge < -0.3 is 15.0 Å². The van der Waals surface area contributed by atoms with Crippen LogP contribution in [-0.2, 0) is 4.79 Å². The van der Waals surface area contributed by atoms with Crippen LogP contribution in [0, 0.1) is 5.92 Å². The van der Waals surface area contributed by atoms with Gasteiger partial charge in [0.2, 0.25) is 5.91 Å². The molecule has 0 aliphatic heterocycles. The molecule has 0 aromatic heterocycles. The van der Waals surface area contributed by atoms with Crippen molar-refractivity contribution in [3.8, 4) is 5.75 Å². The first kappa shape index (κ1) is 18.3. The van der Waals surface area contributed by atoms with Gasteiger partial charge in [0.25, 0.3) is 5.91 Å². The molecule has 1 aromatic carbocycles. The summed E-state index contributed by atoms with van der Waals surface area (Å²) in [4.78, 5) is 27.1. The van der Waals surface area contributed by atoms with Crippen molar-refractivity contribution in [2.24, 2.45) is 5.92 Å². The highest BCUT2D eigenvalue weighted by Gasteiger charge is 2.31. The lowest BCUT2D eigenvalue weighted by molar-refractivity contribution is -0.135. The van der Waals surface area contributed by atoms with Gasteiger partial charge >= 0.3 is 0 Å². The van der Waals surface area contributed by atoms with E-state index < -0.39 is 6.04 Å². The zero-order valence-electron chi connectivity index (χ0n) is 15.0. The third-order valence-electron chi connectivity index (χ3n) is 4.79. The third kappa shape index (κ3) is 4.28. The average molecular weight is 332 g/mol. The van der Waals surface area contributed by atoms with Gasteiger partial charge in [0.15, 0.2) is 0 Å². The standard InChI is InChI=1S/C19H28N2O3/c1-13(2)17(19(23)21(3)15-7-5-6-8-15)20-18(22)14-9-11-16(24-4)12-10-14/h9-13,15,17H,5-8H2,1-4H3,(H,20,22)/t17-/m0/s1. The van der Waals surface area contributed by atoms with Crippen molar-refractivity contribution in [2.45, 2.75) is 51.6 Å². The van der Waals surface area contributed by atoms with Crippen LogP contribution in [-0.4, -0.2) is 43.0 Å². The SMILES string of the molecule is COc1ccc(C(=O)N[C@H](C(=O)N(C)C2CCCC2)C(C)C)cc1. The van der Waals surface area contributed by atoms with Gasteiger partial charge in [0.1, 0.15) is 11.8 Å². The summed E-state index contributed by atoms with van der Waals surface area (Å²) in [6, 6.07) is 6.69. The zero-order valence-corrected chi connectivity index (χ0v) is 15.0. The van der Waals surface area contributed by atoms with Gasteiger partial charge in [-0.25, -0.2) is 0 Å². The molecule has 0 spiro atoms. The number of rotatable bonds is 6. The lowest BCUT2D eigenvalue weighted by Gasteiger charge is -2.31. The van der Waals surface area contributed by atoms with E-state index in [4.69, 9.17) is 4.74 Å². The molecule has 0 heterocycles. The summed E-state index contributed by atoms with van der Waals surface area (Å²) < 4.78 is 5.10. The molecule has 2 rings (SSSR count). The second-order valence-corrected chi connectivity index (χ2v) is 6.81. The molecule has 1 fully saturated rings. The second kappa shape index (κ2) is 8.18. The Balaban J connectivity index is 2.06. The summed E-state index contributed by atoms with van der Waals surface area (Å²) in [5, 5.41) is 2.90. The summed E-state index contributed by atoms with van der Waals surface area (Å²) in [5.74, 6) is 0.496. The summed E-state index contributed by atoms with van der Waals surface area (Å²) in [5.41, 5.74) is 0.526. The Hall–Kier alpha value is -2.04. The maximum absolute atomic E-state index is 12.8. The molecule has 1 saturated carbocycles. The van der Waals surface area contributed by atoms with E-state index >= 15 is 0 Å². The first-order valence-electron chi connectivity index (χ1n) is 8.65. The van der Waals surface area contributed by atoms with Crippen molar-refractivity contribution >= 4 is 11.8 Å². The number of nitrogens with one attached hydrogen (secondary N) is 1. The molecule has 1 aromatic rings. The molecule has 0 unspecified atom stereocenters. The Morgan fingerprint density at radius 1 is 1.17 bits per heavy atom. The number of methoxy groups -OCH3 is 1. The van der Waals surface area contributed by atoms with Gasteiger partial charge in [-0.2, -0.15) is 0 Å². The summed E-state index contributed by atoms with van der Waals surface area (Å²) >= 11 is 0. The first-order chi connectivity index (χ1) is 11.4. The van der Waals surface area contributed by atoms with E-state index in [1.54, 1.807) is 31.4 Å². The normalized spacial score (nSPS) is 16.0. The van der Waals surface area contributed by atoms with E-state index in [-0.39, 0.29) is 17.7 Å². The smallest absolute Gasteiger partial charge is 0.251 e. The van der Waals surface area contributed by atoms with Gasteiger partial charge in [-0.3, -0.25) is 9.59 Å². The lowest BCUT2D eigenvalue weighted by Crippen LogP contribution is -2.52. The molecule has 1 aliphatic rings. The van der Waals surface area contributed by atoms with Crippen molar-refractivity contribution in [1.29, 1.82) is 0 Å². The largest absolute Gasteiger partial charge is 0.497 e. The van der Waals surface area contributed by atoms with Crippen molar-refractivity contribution in [3.05, 3.63) is 29.8 Å². The second-order valence-electron chi connectivity index (χ2n) is 6.81. The number of benzene rings is 1. The van der Waals surface area contributed by atoms with Crippen molar-refractivity contribution in [1.82, 2.24) is 10.2 Å². The zero-order chi connectivity index (χ0) is 17.7. The van der Waals surface area contributed by atoms with E-state index in [0.717, 1.165) is 12.8 Å². The van der Waals surface area contributed by atoms with Crippen molar-refractivity contribution in [2.75, 3.05) is 14.2 Å². The summed E-state index contributed by atoms with van der Waals surface area (Å²) in [6.07, 6.45) is 4.46. The van der Waals surface area contributed by atoms with Gasteiger partial charge in [-0.15, -0.1) is 0 Å². The van der Waals surface area contributed by atoms with Crippen LogP contribution >= 0.6 is 0 Å². The molecule has 0 bridgehead atoms. The number of amides is 2. The fourth-order valence-electron chi connectivity index (χ4n) is 3.17. The summed E-state index contributed by atoms with van der Waals surface area (Å²) in [7, 11) is 3.44. The van der Waals surface area contributed by atoms with E-state index in [9.17, 15) is 9.59 Å².